The number of methoxy groups -OCH3 is 3. The van der Waals surface area contributed by atoms with Gasteiger partial charge >= 0.3 is 28.7 Å². The van der Waals surface area contributed by atoms with Gasteiger partial charge in [-0.15, -0.1) is 0 Å². The molecule has 3 saturated heterocycles. The zero-order valence-corrected chi connectivity index (χ0v) is 84.0. The van der Waals surface area contributed by atoms with Crippen LogP contribution in [0.5, 0.6) is 17.2 Å². The molecule has 15 rings (SSSR count). The summed E-state index contributed by atoms with van der Waals surface area (Å²) >= 11 is 0. The molecule has 1 unspecified atom stereocenters. The number of fused-ring (bicyclic) bond motifs is 3. The average Bonchev–Trinajstić information content (AvgIpc) is 0.773. The predicted octanol–water partition coefficient (Wildman–Crippen LogP) is 16.0. The molecule has 9 heterocycles. The quantitative estimate of drug-likeness (QED) is 0.0122. The Morgan fingerprint density at radius 1 is 0.457 bits per heavy atom. The van der Waals surface area contributed by atoms with Gasteiger partial charge in [-0.3, -0.25) is 46.7 Å². The molecule has 1 atom stereocenters. The molecule has 3 aliphatic rings. The molecule has 140 heavy (non-hydrogen) atoms. The number of hydrogen-bond donors (Lipinski definition) is 7. The van der Waals surface area contributed by atoms with Crippen LogP contribution in [-0.4, -0.2) is 205 Å². The Hall–Kier alpha value is -14.8. The summed E-state index contributed by atoms with van der Waals surface area (Å²) in [7, 11) is 3.44. The van der Waals surface area contributed by atoms with Crippen molar-refractivity contribution in [3.8, 4) is 34.3 Å². The Morgan fingerprint density at radius 3 is 1.09 bits per heavy atom. The number of rotatable bonds is 20. The van der Waals surface area contributed by atoms with Crippen molar-refractivity contribution in [1.29, 1.82) is 0 Å². The van der Waals surface area contributed by atoms with Crippen LogP contribution in [0, 0.1) is 41.5 Å². The fourth-order valence-corrected chi connectivity index (χ4v) is 14.9. The Labute approximate surface area is 829 Å². The van der Waals surface area contributed by atoms with E-state index in [1.807, 2.05) is 124 Å². The van der Waals surface area contributed by atoms with Gasteiger partial charge in [-0.1, -0.05) is 51.8 Å². The van der Waals surface area contributed by atoms with Gasteiger partial charge in [0.2, 0.25) is 34.8 Å². The number of aromatic nitrogens is 9. The van der Waals surface area contributed by atoms with E-state index in [4.69, 9.17) is 39.4 Å². The van der Waals surface area contributed by atoms with E-state index in [9.17, 15) is 42.6 Å². The van der Waals surface area contributed by atoms with Crippen molar-refractivity contribution in [3.63, 3.8) is 0 Å². The first kappa shape index (κ1) is 110. The molecule has 0 aliphatic carbocycles. The number of benzene rings is 6. The van der Waals surface area contributed by atoms with Crippen molar-refractivity contribution in [1.82, 2.24) is 58.7 Å². The van der Waals surface area contributed by atoms with Crippen LogP contribution < -0.4 is 83.2 Å². The van der Waals surface area contributed by atoms with Crippen molar-refractivity contribution in [2.24, 2.45) is 0 Å². The number of hydrogen-bond acceptors (Lipinski definition) is 27. The van der Waals surface area contributed by atoms with Gasteiger partial charge in [-0.2, -0.15) is 29.7 Å². The fourth-order valence-electron chi connectivity index (χ4n) is 14.5. The van der Waals surface area contributed by atoms with Crippen molar-refractivity contribution < 1.29 is 68.4 Å². The third kappa shape index (κ3) is 30.1. The number of carbonyl (C=O) groups is 5. The molecule has 6 aromatic heterocycles. The van der Waals surface area contributed by atoms with Gasteiger partial charge in [0.25, 0.3) is 16.7 Å². The number of nitrogens with zero attached hydrogens (tertiary/aromatic N) is 14. The second-order valence-electron chi connectivity index (χ2n) is 33.5. The molecule has 8 N–H and O–H groups in total. The number of carbonyl (C=O) groups excluding carboxylic acids is 5. The van der Waals surface area contributed by atoms with Gasteiger partial charge in [0.05, 0.1) is 66.3 Å². The molecular weight excluding hydrogens is 1850 g/mol. The van der Waals surface area contributed by atoms with E-state index in [-0.39, 0.29) is 74.2 Å². The molecule has 0 spiro atoms. The number of pyridine rings is 3. The predicted molar refractivity (Wildman–Crippen MR) is 556 cm³/mol. The molecule has 1 radical (unpaired) electrons. The van der Waals surface area contributed by atoms with Gasteiger partial charge < -0.3 is 107 Å². The first-order chi connectivity index (χ1) is 66.4. The van der Waals surface area contributed by atoms with Crippen LogP contribution in [0.2, 0.25) is 0 Å². The summed E-state index contributed by atoms with van der Waals surface area (Å²) in [6.07, 6.45) is 11.4. The number of nitrogens with one attached hydrogen (secondary N) is 6. The molecular formula is C103H126N21NiO14S. The largest absolute Gasteiger partial charge is 3.00 e. The third-order valence-corrected chi connectivity index (χ3v) is 21.7. The van der Waals surface area contributed by atoms with E-state index in [2.05, 4.69) is 107 Å². The molecule has 37 heteroatoms. The van der Waals surface area contributed by atoms with Crippen LogP contribution in [0.4, 0.5) is 72.7 Å². The second-order valence-corrected chi connectivity index (χ2v) is 34.8. The van der Waals surface area contributed by atoms with Crippen LogP contribution in [0.1, 0.15) is 91.8 Å². The van der Waals surface area contributed by atoms with Crippen LogP contribution in [0.3, 0.4) is 0 Å². The molecule has 3 fully saturated rings. The number of aryl methyl sites for hydroxylation is 3. The summed E-state index contributed by atoms with van der Waals surface area (Å²) in [5.74, 6) is 1.46. The van der Waals surface area contributed by atoms with Crippen LogP contribution in [-0.2, 0) is 51.1 Å². The summed E-state index contributed by atoms with van der Waals surface area (Å²) in [6.45, 7) is 52.0. The molecule has 5 amide bonds. The monoisotopic (exact) mass is 1970 g/mol. The summed E-state index contributed by atoms with van der Waals surface area (Å²) in [4.78, 5) is 136. The minimum Gasteiger partial charge on any atom is -0.495 e. The van der Waals surface area contributed by atoms with Crippen LogP contribution >= 0.6 is 0 Å². The maximum Gasteiger partial charge on any atom is 3.00 e. The molecule has 35 nitrogen and oxygen atoms in total. The minimum absolute atomic E-state index is 0. The number of piperazine rings is 3. The second kappa shape index (κ2) is 52.1. The SMILES string of the molecule is C=CC(=O)Nc1cccc(-n2c(=O)cc(C)c3cnc(Nc4ccc(N5CCN(C(=O)OC(C)(C)C)CC5)cc4OC)nc32)c1.C=CC(=O)Nc1cccc(-n2c(=O)cc(C)c3cnc(Nc4ccc(N5CCNCC5)cc4OC)nc32)c1.C=CC(=O)Nc1cccc(-n2c(=O)cc(C)c3cnc(S(C)=O)nc32)c1.COc1cc(N2CCN(C(=O)OC(C)(C)C)CC2)ccc1N.[CH2-]C.[CH2-]CC.[CH2-]CC.[Ni+3]. The van der Waals surface area contributed by atoms with Crippen molar-refractivity contribution in [2.75, 3.05) is 153 Å². The van der Waals surface area contributed by atoms with E-state index >= 15 is 0 Å². The molecule has 6 aromatic carbocycles. The van der Waals surface area contributed by atoms with E-state index in [0.717, 1.165) is 97.3 Å². The molecule has 743 valence electrons. The number of ether oxygens (including phenoxy) is 5. The molecule has 0 bridgehead atoms. The van der Waals surface area contributed by atoms with Crippen molar-refractivity contribution in [3.05, 3.63) is 271 Å². The van der Waals surface area contributed by atoms with Crippen molar-refractivity contribution in [2.45, 2.75) is 112 Å². The van der Waals surface area contributed by atoms with Gasteiger partial charge in [0, 0.05) is 190 Å². The zero-order valence-electron chi connectivity index (χ0n) is 82.2. The minimum atomic E-state index is -1.38. The van der Waals surface area contributed by atoms with E-state index in [1.165, 1.54) is 44.2 Å². The average molecular weight is 1970 g/mol. The number of nitrogens with two attached hydrogens (primary N) is 1. The van der Waals surface area contributed by atoms with Gasteiger partial charge in [0.1, 0.15) is 28.5 Å². The normalized spacial score (nSPS) is 12.9. The van der Waals surface area contributed by atoms with Gasteiger partial charge in [0.15, 0.2) is 16.9 Å². The molecule has 12 aromatic rings. The maximum atomic E-state index is 13.2. The van der Waals surface area contributed by atoms with Crippen LogP contribution in [0.25, 0.3) is 50.2 Å². The summed E-state index contributed by atoms with van der Waals surface area (Å²) in [6, 6.07) is 42.8. The number of anilines is 11. The topological polar surface area (TPSA) is 406 Å². The molecule has 3 aliphatic heterocycles. The van der Waals surface area contributed by atoms with E-state index < -0.39 is 22.0 Å². The number of amides is 5. The third-order valence-electron chi connectivity index (χ3n) is 21.0. The molecule has 0 saturated carbocycles. The smallest absolute Gasteiger partial charge is 0.495 e. The Bertz CT molecular complexity index is 6590. The maximum absolute atomic E-state index is 13.2. The standard InChI is InChI=1S/C33H37N7O5.C28H29N7O3.C18H16N4O3S.C16H25N3O3.2C3H7.C2H5.Ni/c1-7-28(41)35-22-9-8-10-24(18-22)40-29(42)17-21(2)25-20-34-31(37-30(25)40)36-26-12-11-23(19-27(26)44-6)38-13-15-39(16-14-38)32(43)45-33(3,4)5;1-4-25(36)31-19-6-5-7-21(15-19)35-26(37)14-18(2)22-17-30-28(33-27(22)35)32-23-9-8-20(16-24(23)38-3)34-12-10-29-11-13-34;1-4-15(23)20-12-6-5-7-13(9-12)22-16(24)8-11(2)14-10-19-18(26(3)25)21-17(14)22;1-16(2,3)22-15(20)19-9-7-18(8-10-19)12-5-6-13(17)14(11-12)21-4;2*1-3-2;1-2;/h7-12,17-20H,1,13-16H2,2-6H3,(H,35,41)(H,34,36,37);4-9,14-17,29H,1,10-13H2,2-3H3,(H,31,36)(H,30,32,33);4-10H,1H2,2-3H3,(H,20,23);5-6,11H,7-10,17H2,1-4H3;2*1,3H2,2H3;1H2,2H3;/q;;;;3*-1;+3. The first-order valence-corrected chi connectivity index (χ1v) is 46.7. The first-order valence-electron chi connectivity index (χ1n) is 45.1. The fraction of sp³-hybridized carbons (Fsp3) is 0.311. The summed E-state index contributed by atoms with van der Waals surface area (Å²) < 4.78 is 43.7. The summed E-state index contributed by atoms with van der Waals surface area (Å²) in [5.41, 5.74) is 15.7. The van der Waals surface area contributed by atoms with E-state index in [0.29, 0.717) is 141 Å². The Kier molecular flexibility index (Phi) is 41.1. The van der Waals surface area contributed by atoms with Gasteiger partial charge in [-0.05, 0) is 188 Å². The van der Waals surface area contributed by atoms with Crippen molar-refractivity contribution >= 4 is 137 Å². The van der Waals surface area contributed by atoms with Gasteiger partial charge in [-0.25, -0.2) is 29.5 Å². The van der Waals surface area contributed by atoms with Crippen LogP contribution in [0.15, 0.2) is 222 Å². The number of nitrogen functional groups attached to an aromatic ring is 1. The zero-order chi connectivity index (χ0) is 102. The summed E-state index contributed by atoms with van der Waals surface area (Å²) in [5, 5.41) is 20.2. The van der Waals surface area contributed by atoms with E-state index in [1.54, 1.807) is 142 Å². The Balaban J connectivity index is 0.000000229. The Morgan fingerprint density at radius 2 is 0.771 bits per heavy atom.